The standard InChI is InChI=1S/C11H22N2/c1-2-4-9-13(8-3-1)10-11-6-5-7-12-11/h11-12H,1-10H2/t11-/m1/s1. The summed E-state index contributed by atoms with van der Waals surface area (Å²) >= 11 is 0. The molecule has 0 unspecified atom stereocenters. The van der Waals surface area contributed by atoms with E-state index in [1.165, 1.54) is 64.7 Å². The van der Waals surface area contributed by atoms with Gasteiger partial charge in [-0.05, 0) is 45.3 Å². The van der Waals surface area contributed by atoms with E-state index in [4.69, 9.17) is 0 Å². The number of rotatable bonds is 2. The van der Waals surface area contributed by atoms with E-state index < -0.39 is 0 Å². The number of nitrogens with zero attached hydrogens (tertiary/aromatic N) is 1. The summed E-state index contributed by atoms with van der Waals surface area (Å²) in [6.45, 7) is 5.24. The first-order valence-corrected chi connectivity index (χ1v) is 5.91. The fraction of sp³-hybridized carbons (Fsp3) is 1.00. The van der Waals surface area contributed by atoms with Crippen molar-refractivity contribution < 1.29 is 0 Å². The molecule has 0 spiro atoms. The van der Waals surface area contributed by atoms with Crippen molar-refractivity contribution in [3.8, 4) is 0 Å². The quantitative estimate of drug-likeness (QED) is 0.698. The third-order valence-corrected chi connectivity index (χ3v) is 3.34. The zero-order valence-corrected chi connectivity index (χ0v) is 8.60. The second kappa shape index (κ2) is 4.97. The fourth-order valence-electron chi connectivity index (χ4n) is 2.54. The molecule has 1 atom stereocenters. The first-order valence-electron chi connectivity index (χ1n) is 5.91. The van der Waals surface area contributed by atoms with Crippen LogP contribution in [0.2, 0.25) is 0 Å². The second-order valence-corrected chi connectivity index (χ2v) is 4.51. The summed E-state index contributed by atoms with van der Waals surface area (Å²) in [7, 11) is 0. The maximum absolute atomic E-state index is 3.58. The first-order chi connectivity index (χ1) is 6.45. The van der Waals surface area contributed by atoms with Gasteiger partial charge in [0.15, 0.2) is 0 Å². The van der Waals surface area contributed by atoms with Crippen molar-refractivity contribution in [3.05, 3.63) is 0 Å². The molecule has 0 aromatic rings. The lowest BCUT2D eigenvalue weighted by molar-refractivity contribution is 0.259. The van der Waals surface area contributed by atoms with Gasteiger partial charge in [0.25, 0.3) is 0 Å². The number of hydrogen-bond donors (Lipinski definition) is 1. The maximum Gasteiger partial charge on any atom is 0.0195 e. The molecule has 2 aliphatic heterocycles. The Balaban J connectivity index is 1.71. The molecular weight excluding hydrogens is 160 g/mol. The lowest BCUT2D eigenvalue weighted by atomic mass is 10.2. The summed E-state index contributed by atoms with van der Waals surface area (Å²) < 4.78 is 0. The van der Waals surface area contributed by atoms with Gasteiger partial charge in [-0.2, -0.15) is 0 Å². The average Bonchev–Trinajstić information content (AvgIpc) is 2.49. The van der Waals surface area contributed by atoms with Crippen LogP contribution in [0.3, 0.4) is 0 Å². The Hall–Kier alpha value is -0.0800. The zero-order chi connectivity index (χ0) is 8.93. The van der Waals surface area contributed by atoms with Crippen LogP contribution in [-0.4, -0.2) is 37.1 Å². The molecule has 2 fully saturated rings. The topological polar surface area (TPSA) is 15.3 Å². The molecule has 0 aromatic carbocycles. The van der Waals surface area contributed by atoms with Gasteiger partial charge >= 0.3 is 0 Å². The van der Waals surface area contributed by atoms with Crippen LogP contribution in [0.15, 0.2) is 0 Å². The van der Waals surface area contributed by atoms with Crippen molar-refractivity contribution in [1.82, 2.24) is 10.2 Å². The van der Waals surface area contributed by atoms with Crippen molar-refractivity contribution in [3.63, 3.8) is 0 Å². The summed E-state index contributed by atoms with van der Waals surface area (Å²) in [6.07, 6.45) is 8.54. The van der Waals surface area contributed by atoms with E-state index >= 15 is 0 Å². The van der Waals surface area contributed by atoms with E-state index in [0.29, 0.717) is 0 Å². The van der Waals surface area contributed by atoms with Crippen LogP contribution < -0.4 is 5.32 Å². The summed E-state index contributed by atoms with van der Waals surface area (Å²) in [6, 6.07) is 0.804. The Kier molecular flexibility index (Phi) is 3.62. The Morgan fingerprint density at radius 2 is 1.77 bits per heavy atom. The van der Waals surface area contributed by atoms with Gasteiger partial charge in [-0.25, -0.2) is 0 Å². The van der Waals surface area contributed by atoms with Crippen LogP contribution in [0.25, 0.3) is 0 Å². The Morgan fingerprint density at radius 3 is 2.38 bits per heavy atom. The highest BCUT2D eigenvalue weighted by Crippen LogP contribution is 2.12. The molecule has 0 bridgehead atoms. The van der Waals surface area contributed by atoms with Crippen LogP contribution in [0.5, 0.6) is 0 Å². The molecule has 2 heterocycles. The molecule has 0 aliphatic carbocycles. The highest BCUT2D eigenvalue weighted by Gasteiger charge is 2.18. The first kappa shape index (κ1) is 9.47. The fourth-order valence-corrected chi connectivity index (χ4v) is 2.54. The van der Waals surface area contributed by atoms with E-state index in [2.05, 4.69) is 10.2 Å². The number of nitrogens with one attached hydrogen (secondary N) is 1. The second-order valence-electron chi connectivity index (χ2n) is 4.51. The van der Waals surface area contributed by atoms with E-state index in [1.54, 1.807) is 0 Å². The molecule has 1 N–H and O–H groups in total. The molecule has 2 heteroatoms. The Bertz CT molecular complexity index is 133. The molecule has 76 valence electrons. The predicted octanol–water partition coefficient (Wildman–Crippen LogP) is 1.61. The molecule has 0 aromatic heterocycles. The largest absolute Gasteiger partial charge is 0.313 e. The van der Waals surface area contributed by atoms with Crippen molar-refractivity contribution in [2.75, 3.05) is 26.2 Å². The molecule has 2 rings (SSSR count). The Morgan fingerprint density at radius 1 is 1.00 bits per heavy atom. The minimum absolute atomic E-state index is 0.804. The van der Waals surface area contributed by atoms with Gasteiger partial charge in [0.2, 0.25) is 0 Å². The molecule has 2 aliphatic rings. The molecule has 2 nitrogen and oxygen atoms in total. The minimum Gasteiger partial charge on any atom is -0.313 e. The predicted molar refractivity (Wildman–Crippen MR) is 55.9 cm³/mol. The van der Waals surface area contributed by atoms with Crippen molar-refractivity contribution in [2.45, 2.75) is 44.6 Å². The molecule has 2 saturated heterocycles. The number of likely N-dealkylation sites (tertiary alicyclic amines) is 1. The number of hydrogen-bond acceptors (Lipinski definition) is 2. The summed E-state index contributed by atoms with van der Waals surface area (Å²) in [5, 5.41) is 3.58. The third kappa shape index (κ3) is 2.96. The molecule has 0 radical (unpaired) electrons. The summed E-state index contributed by atoms with van der Waals surface area (Å²) in [5.74, 6) is 0. The summed E-state index contributed by atoms with van der Waals surface area (Å²) in [5.41, 5.74) is 0. The van der Waals surface area contributed by atoms with Crippen LogP contribution in [0, 0.1) is 0 Å². The molecule has 0 saturated carbocycles. The van der Waals surface area contributed by atoms with Crippen molar-refractivity contribution in [2.24, 2.45) is 0 Å². The van der Waals surface area contributed by atoms with Crippen molar-refractivity contribution in [1.29, 1.82) is 0 Å². The monoisotopic (exact) mass is 182 g/mol. The minimum atomic E-state index is 0.804. The van der Waals surface area contributed by atoms with E-state index in [0.717, 1.165) is 6.04 Å². The summed E-state index contributed by atoms with van der Waals surface area (Å²) in [4.78, 5) is 2.66. The van der Waals surface area contributed by atoms with Crippen molar-refractivity contribution >= 4 is 0 Å². The Labute approximate surface area is 81.7 Å². The van der Waals surface area contributed by atoms with Gasteiger partial charge in [-0.1, -0.05) is 12.8 Å². The van der Waals surface area contributed by atoms with Crippen LogP contribution in [0.1, 0.15) is 38.5 Å². The van der Waals surface area contributed by atoms with Gasteiger partial charge in [0.1, 0.15) is 0 Å². The van der Waals surface area contributed by atoms with Gasteiger partial charge in [0.05, 0.1) is 0 Å². The zero-order valence-electron chi connectivity index (χ0n) is 8.60. The van der Waals surface area contributed by atoms with Gasteiger partial charge in [0, 0.05) is 12.6 Å². The average molecular weight is 182 g/mol. The van der Waals surface area contributed by atoms with Crippen LogP contribution in [-0.2, 0) is 0 Å². The van der Waals surface area contributed by atoms with Crippen LogP contribution in [0.4, 0.5) is 0 Å². The highest BCUT2D eigenvalue weighted by molar-refractivity contribution is 4.78. The van der Waals surface area contributed by atoms with Gasteiger partial charge in [-0.3, -0.25) is 0 Å². The highest BCUT2D eigenvalue weighted by atomic mass is 15.2. The molecule has 13 heavy (non-hydrogen) atoms. The van der Waals surface area contributed by atoms with Gasteiger partial charge < -0.3 is 10.2 Å². The smallest absolute Gasteiger partial charge is 0.0195 e. The lowest BCUT2D eigenvalue weighted by Gasteiger charge is -2.23. The molecule has 0 amide bonds. The normalized spacial score (nSPS) is 31.8. The van der Waals surface area contributed by atoms with E-state index in [1.807, 2.05) is 0 Å². The third-order valence-electron chi connectivity index (χ3n) is 3.34. The van der Waals surface area contributed by atoms with Gasteiger partial charge in [-0.15, -0.1) is 0 Å². The van der Waals surface area contributed by atoms with E-state index in [9.17, 15) is 0 Å². The van der Waals surface area contributed by atoms with Crippen LogP contribution >= 0.6 is 0 Å². The SMILES string of the molecule is C1CCCN(C[C@H]2CCCN2)CC1. The maximum atomic E-state index is 3.58. The van der Waals surface area contributed by atoms with E-state index in [-0.39, 0.29) is 0 Å². The lowest BCUT2D eigenvalue weighted by Crippen LogP contribution is -2.37. The molecular formula is C11H22N2.